The van der Waals surface area contributed by atoms with Gasteiger partial charge in [-0.05, 0) is 26.0 Å². The molecule has 0 N–H and O–H groups in total. The summed E-state index contributed by atoms with van der Waals surface area (Å²) in [4.78, 5) is 4.34. The summed E-state index contributed by atoms with van der Waals surface area (Å²) in [5.41, 5.74) is 0. The van der Waals surface area contributed by atoms with E-state index in [1.54, 1.807) is 24.7 Å². The highest BCUT2D eigenvalue weighted by Gasteiger charge is 2.19. The van der Waals surface area contributed by atoms with Crippen LogP contribution in [0.5, 0.6) is 0 Å². The first-order valence-corrected chi connectivity index (χ1v) is 7.08. The molecule has 0 bridgehead atoms. The Morgan fingerprint density at radius 1 is 1.45 bits per heavy atom. The van der Waals surface area contributed by atoms with Crippen molar-refractivity contribution >= 4 is 11.8 Å². The molecule has 0 aliphatic heterocycles. The lowest BCUT2D eigenvalue weighted by molar-refractivity contribution is 0.379. The van der Waals surface area contributed by atoms with E-state index >= 15 is 0 Å². The molecule has 0 aliphatic rings. The second-order valence-electron chi connectivity index (χ2n) is 4.09. The maximum Gasteiger partial charge on any atom is 0.240 e. The fraction of sp³-hybridized carbons (Fsp3) is 0.333. The summed E-state index contributed by atoms with van der Waals surface area (Å²) in [7, 11) is 0. The van der Waals surface area contributed by atoms with Crippen molar-refractivity contribution in [2.75, 3.05) is 0 Å². The van der Waals surface area contributed by atoms with Crippen molar-refractivity contribution < 1.29 is 8.94 Å². The van der Waals surface area contributed by atoms with Gasteiger partial charge in [-0.25, -0.2) is 0 Å². The molecule has 3 aromatic heterocycles. The minimum absolute atomic E-state index is 0.0132. The molecule has 0 radical (unpaired) electrons. The second-order valence-corrected chi connectivity index (χ2v) is 5.40. The number of aromatic nitrogens is 5. The smallest absolute Gasteiger partial charge is 0.240 e. The Morgan fingerprint density at radius 2 is 2.35 bits per heavy atom. The molecule has 0 aromatic carbocycles. The minimum Gasteiger partial charge on any atom is -0.461 e. The van der Waals surface area contributed by atoms with Gasteiger partial charge in [-0.1, -0.05) is 16.9 Å². The van der Waals surface area contributed by atoms with Crippen molar-refractivity contribution in [3.63, 3.8) is 0 Å². The Morgan fingerprint density at radius 3 is 3.10 bits per heavy atom. The molecule has 0 saturated carbocycles. The lowest BCUT2D eigenvalue weighted by atomic mass is 10.4. The zero-order chi connectivity index (χ0) is 13.9. The van der Waals surface area contributed by atoms with Crippen molar-refractivity contribution in [2.24, 2.45) is 0 Å². The number of rotatable bonds is 5. The van der Waals surface area contributed by atoms with Crippen LogP contribution < -0.4 is 0 Å². The molecule has 8 heteroatoms. The third kappa shape index (κ3) is 2.46. The van der Waals surface area contributed by atoms with Gasteiger partial charge in [0.05, 0.1) is 11.5 Å². The Hall–Kier alpha value is -2.09. The van der Waals surface area contributed by atoms with Crippen LogP contribution >= 0.6 is 11.8 Å². The summed E-state index contributed by atoms with van der Waals surface area (Å²) in [5, 5.41) is 12.7. The Labute approximate surface area is 119 Å². The van der Waals surface area contributed by atoms with Crippen LogP contribution in [0.4, 0.5) is 0 Å². The number of nitrogens with zero attached hydrogens (tertiary/aromatic N) is 5. The predicted octanol–water partition coefficient (Wildman–Crippen LogP) is 2.79. The SMILES string of the molecule is CCn1cnnc1SC(C)c1nc(-c2ccco2)no1. The Kier molecular flexibility index (Phi) is 3.55. The van der Waals surface area contributed by atoms with Gasteiger partial charge in [-0.15, -0.1) is 10.2 Å². The summed E-state index contributed by atoms with van der Waals surface area (Å²) in [6.45, 7) is 4.85. The Bertz CT molecular complexity index is 676. The molecule has 3 rings (SSSR count). The normalized spacial score (nSPS) is 12.7. The third-order valence-electron chi connectivity index (χ3n) is 2.73. The maximum absolute atomic E-state index is 5.27. The van der Waals surface area contributed by atoms with E-state index in [0.29, 0.717) is 17.5 Å². The Balaban J connectivity index is 1.76. The monoisotopic (exact) mass is 291 g/mol. The van der Waals surface area contributed by atoms with Crippen molar-refractivity contribution in [1.82, 2.24) is 24.9 Å². The number of hydrogen-bond donors (Lipinski definition) is 0. The minimum atomic E-state index is -0.0132. The zero-order valence-electron chi connectivity index (χ0n) is 11.1. The highest BCUT2D eigenvalue weighted by Crippen LogP contribution is 2.33. The molecule has 104 valence electrons. The number of hydrogen-bond acceptors (Lipinski definition) is 7. The quantitative estimate of drug-likeness (QED) is 0.668. The molecule has 3 aromatic rings. The lowest BCUT2D eigenvalue weighted by Crippen LogP contribution is -1.97. The van der Waals surface area contributed by atoms with Crippen LogP contribution in [-0.4, -0.2) is 24.9 Å². The van der Waals surface area contributed by atoms with E-state index in [4.69, 9.17) is 8.94 Å². The largest absolute Gasteiger partial charge is 0.461 e. The van der Waals surface area contributed by atoms with Gasteiger partial charge >= 0.3 is 0 Å². The topological polar surface area (TPSA) is 82.8 Å². The second kappa shape index (κ2) is 5.49. The molecule has 3 heterocycles. The van der Waals surface area contributed by atoms with Crippen LogP contribution in [0, 0.1) is 0 Å². The molecule has 1 atom stereocenters. The van der Waals surface area contributed by atoms with Gasteiger partial charge in [-0.3, -0.25) is 0 Å². The van der Waals surface area contributed by atoms with Gasteiger partial charge in [0.15, 0.2) is 10.9 Å². The van der Waals surface area contributed by atoms with Crippen molar-refractivity contribution in [2.45, 2.75) is 30.8 Å². The van der Waals surface area contributed by atoms with Crippen LogP contribution in [-0.2, 0) is 6.54 Å². The zero-order valence-corrected chi connectivity index (χ0v) is 11.9. The van der Waals surface area contributed by atoms with Crippen molar-refractivity contribution in [3.05, 3.63) is 30.6 Å². The van der Waals surface area contributed by atoms with Gasteiger partial charge in [0.1, 0.15) is 6.33 Å². The van der Waals surface area contributed by atoms with Gasteiger partial charge in [0, 0.05) is 6.54 Å². The molecule has 1 unspecified atom stereocenters. The van der Waals surface area contributed by atoms with Gasteiger partial charge in [0.2, 0.25) is 11.7 Å². The van der Waals surface area contributed by atoms with Crippen LogP contribution in [0.2, 0.25) is 0 Å². The molecular formula is C12H13N5O2S. The van der Waals surface area contributed by atoms with Crippen molar-refractivity contribution in [1.29, 1.82) is 0 Å². The third-order valence-corrected chi connectivity index (χ3v) is 3.82. The standard InChI is InChI=1S/C12H13N5O2S/c1-3-17-7-13-15-12(17)20-8(2)11-14-10(16-19-11)9-5-4-6-18-9/h4-8H,3H2,1-2H3. The van der Waals surface area contributed by atoms with E-state index in [9.17, 15) is 0 Å². The number of furan rings is 1. The summed E-state index contributed by atoms with van der Waals surface area (Å²) < 4.78 is 12.5. The van der Waals surface area contributed by atoms with Gasteiger partial charge < -0.3 is 13.5 Å². The summed E-state index contributed by atoms with van der Waals surface area (Å²) in [5.74, 6) is 1.58. The fourth-order valence-corrected chi connectivity index (χ4v) is 2.59. The average Bonchev–Trinajstić information content (AvgIpc) is 3.19. The van der Waals surface area contributed by atoms with E-state index < -0.39 is 0 Å². The predicted molar refractivity (Wildman–Crippen MR) is 72.0 cm³/mol. The van der Waals surface area contributed by atoms with E-state index in [-0.39, 0.29) is 5.25 Å². The van der Waals surface area contributed by atoms with E-state index in [1.165, 1.54) is 11.8 Å². The first kappa shape index (κ1) is 12.9. The maximum atomic E-state index is 5.27. The lowest BCUT2D eigenvalue weighted by Gasteiger charge is -2.06. The van der Waals surface area contributed by atoms with Crippen LogP contribution in [0.3, 0.4) is 0 Å². The van der Waals surface area contributed by atoms with Gasteiger partial charge in [0.25, 0.3) is 0 Å². The first-order valence-electron chi connectivity index (χ1n) is 6.20. The molecule has 7 nitrogen and oxygen atoms in total. The highest BCUT2D eigenvalue weighted by atomic mass is 32.2. The van der Waals surface area contributed by atoms with Crippen LogP contribution in [0.25, 0.3) is 11.6 Å². The fourth-order valence-electron chi connectivity index (χ4n) is 1.67. The van der Waals surface area contributed by atoms with Crippen LogP contribution in [0.15, 0.2) is 38.8 Å². The van der Waals surface area contributed by atoms with Gasteiger partial charge in [-0.2, -0.15) is 4.98 Å². The molecule has 0 spiro atoms. The van der Waals surface area contributed by atoms with E-state index in [0.717, 1.165) is 11.7 Å². The van der Waals surface area contributed by atoms with E-state index in [1.807, 2.05) is 18.4 Å². The molecule has 0 aliphatic carbocycles. The van der Waals surface area contributed by atoms with E-state index in [2.05, 4.69) is 20.3 Å². The molecule has 0 saturated heterocycles. The summed E-state index contributed by atoms with van der Waals surface area (Å²) in [6, 6.07) is 3.58. The summed E-state index contributed by atoms with van der Waals surface area (Å²) in [6.07, 6.45) is 3.28. The molecule has 0 amide bonds. The van der Waals surface area contributed by atoms with Crippen LogP contribution in [0.1, 0.15) is 25.0 Å². The first-order chi connectivity index (χ1) is 9.78. The average molecular weight is 291 g/mol. The summed E-state index contributed by atoms with van der Waals surface area (Å²) >= 11 is 1.53. The number of aryl methyl sites for hydroxylation is 1. The molecule has 20 heavy (non-hydrogen) atoms. The molecule has 0 fully saturated rings. The number of thioether (sulfide) groups is 1. The van der Waals surface area contributed by atoms with Crippen molar-refractivity contribution in [3.8, 4) is 11.6 Å². The molecular weight excluding hydrogens is 278 g/mol. The highest BCUT2D eigenvalue weighted by molar-refractivity contribution is 7.99.